The van der Waals surface area contributed by atoms with Crippen LogP contribution < -0.4 is 5.32 Å². The van der Waals surface area contributed by atoms with Gasteiger partial charge >= 0.3 is 0 Å². The second kappa shape index (κ2) is 5.10. The third-order valence-corrected chi connectivity index (χ3v) is 3.58. The van der Waals surface area contributed by atoms with Gasteiger partial charge in [-0.3, -0.25) is 4.90 Å². The van der Waals surface area contributed by atoms with Crippen molar-refractivity contribution >= 4 is 15.9 Å². The van der Waals surface area contributed by atoms with Crippen molar-refractivity contribution in [3.8, 4) is 0 Å². The monoisotopic (exact) mass is 268 g/mol. The lowest BCUT2D eigenvalue weighted by Crippen LogP contribution is -2.48. The normalized spacial score (nSPS) is 22.9. The maximum Gasteiger partial charge on any atom is 0.0246 e. The Labute approximate surface area is 99.8 Å². The number of nitrogens with one attached hydrogen (secondary N) is 1. The molecular weight excluding hydrogens is 252 g/mol. The van der Waals surface area contributed by atoms with Gasteiger partial charge in [0.15, 0.2) is 0 Å². The van der Waals surface area contributed by atoms with E-state index >= 15 is 0 Å². The van der Waals surface area contributed by atoms with Gasteiger partial charge in [-0.25, -0.2) is 0 Å². The Hall–Kier alpha value is -0.380. The Morgan fingerprint density at radius 2 is 2.27 bits per heavy atom. The van der Waals surface area contributed by atoms with E-state index in [0.29, 0.717) is 6.04 Å². The molecular formula is C12H17BrN2. The van der Waals surface area contributed by atoms with Crippen LogP contribution in [0.4, 0.5) is 0 Å². The van der Waals surface area contributed by atoms with Crippen LogP contribution in [0, 0.1) is 0 Å². The van der Waals surface area contributed by atoms with E-state index in [4.69, 9.17) is 0 Å². The van der Waals surface area contributed by atoms with Gasteiger partial charge in [-0.2, -0.15) is 0 Å². The molecule has 0 spiro atoms. The summed E-state index contributed by atoms with van der Waals surface area (Å²) in [5.41, 5.74) is 1.38. The number of rotatable bonds is 2. The third kappa shape index (κ3) is 3.03. The van der Waals surface area contributed by atoms with Crippen molar-refractivity contribution in [3.63, 3.8) is 0 Å². The standard InChI is InChI=1S/C12H17BrN2/c1-10-8-15(7-6-14-10)9-11-4-2-3-5-12(11)13/h2-5,10,14H,6-9H2,1H3/t10-/m1/s1. The first-order valence-electron chi connectivity index (χ1n) is 5.45. The number of piperazine rings is 1. The first-order chi connectivity index (χ1) is 7.25. The van der Waals surface area contributed by atoms with Crippen LogP contribution in [0.25, 0.3) is 0 Å². The van der Waals surface area contributed by atoms with Crippen LogP contribution in [-0.2, 0) is 6.54 Å². The minimum Gasteiger partial charge on any atom is -0.312 e. The Balaban J connectivity index is 1.99. The number of hydrogen-bond acceptors (Lipinski definition) is 2. The van der Waals surface area contributed by atoms with Gasteiger partial charge in [0.2, 0.25) is 0 Å². The molecule has 1 aliphatic heterocycles. The van der Waals surface area contributed by atoms with Gasteiger partial charge in [-0.1, -0.05) is 34.1 Å². The highest BCUT2D eigenvalue weighted by Crippen LogP contribution is 2.18. The van der Waals surface area contributed by atoms with Crippen LogP contribution in [0.15, 0.2) is 28.7 Å². The van der Waals surface area contributed by atoms with Gasteiger partial charge in [0.05, 0.1) is 0 Å². The van der Waals surface area contributed by atoms with E-state index in [1.807, 2.05) is 0 Å². The number of benzene rings is 1. The molecule has 1 atom stereocenters. The van der Waals surface area contributed by atoms with Gasteiger partial charge in [-0.05, 0) is 18.6 Å². The lowest BCUT2D eigenvalue weighted by atomic mass is 10.1. The van der Waals surface area contributed by atoms with Crippen molar-refractivity contribution in [1.29, 1.82) is 0 Å². The molecule has 1 saturated heterocycles. The van der Waals surface area contributed by atoms with Crippen molar-refractivity contribution in [2.45, 2.75) is 19.5 Å². The molecule has 1 heterocycles. The van der Waals surface area contributed by atoms with Gasteiger partial charge in [-0.15, -0.1) is 0 Å². The summed E-state index contributed by atoms with van der Waals surface area (Å²) in [5, 5.41) is 3.46. The molecule has 0 bridgehead atoms. The molecule has 82 valence electrons. The summed E-state index contributed by atoms with van der Waals surface area (Å²) < 4.78 is 1.22. The summed E-state index contributed by atoms with van der Waals surface area (Å²) in [6, 6.07) is 9.08. The summed E-state index contributed by atoms with van der Waals surface area (Å²) in [6.45, 7) is 6.68. The molecule has 0 amide bonds. The summed E-state index contributed by atoms with van der Waals surface area (Å²) in [5.74, 6) is 0. The highest BCUT2D eigenvalue weighted by Gasteiger charge is 2.15. The van der Waals surface area contributed by atoms with Crippen molar-refractivity contribution < 1.29 is 0 Å². The first kappa shape index (κ1) is 11.1. The van der Waals surface area contributed by atoms with Crippen LogP contribution in [0.3, 0.4) is 0 Å². The Morgan fingerprint density at radius 3 is 3.00 bits per heavy atom. The highest BCUT2D eigenvalue weighted by molar-refractivity contribution is 9.10. The van der Waals surface area contributed by atoms with E-state index in [1.54, 1.807) is 0 Å². The molecule has 3 heteroatoms. The van der Waals surface area contributed by atoms with E-state index in [-0.39, 0.29) is 0 Å². The maximum absolute atomic E-state index is 3.60. The summed E-state index contributed by atoms with van der Waals surface area (Å²) in [7, 11) is 0. The molecule has 0 aromatic heterocycles. The maximum atomic E-state index is 3.60. The molecule has 1 aliphatic rings. The molecule has 0 saturated carbocycles. The van der Waals surface area contributed by atoms with Crippen molar-refractivity contribution in [1.82, 2.24) is 10.2 Å². The van der Waals surface area contributed by atoms with Gasteiger partial charge < -0.3 is 5.32 Å². The number of hydrogen-bond donors (Lipinski definition) is 1. The minimum absolute atomic E-state index is 0.612. The molecule has 0 unspecified atom stereocenters. The number of nitrogens with zero attached hydrogens (tertiary/aromatic N) is 1. The van der Waals surface area contributed by atoms with Gasteiger partial charge in [0, 0.05) is 36.7 Å². The topological polar surface area (TPSA) is 15.3 Å². The fraction of sp³-hybridized carbons (Fsp3) is 0.500. The lowest BCUT2D eigenvalue weighted by Gasteiger charge is -2.32. The van der Waals surface area contributed by atoms with E-state index < -0.39 is 0 Å². The van der Waals surface area contributed by atoms with Crippen LogP contribution in [0.5, 0.6) is 0 Å². The average molecular weight is 269 g/mol. The zero-order valence-corrected chi connectivity index (χ0v) is 10.6. The SMILES string of the molecule is C[C@@H]1CN(Cc2ccccc2Br)CCN1. The lowest BCUT2D eigenvalue weighted by molar-refractivity contribution is 0.199. The first-order valence-corrected chi connectivity index (χ1v) is 6.24. The van der Waals surface area contributed by atoms with Crippen LogP contribution in [0.2, 0.25) is 0 Å². The number of halogens is 1. The molecule has 15 heavy (non-hydrogen) atoms. The van der Waals surface area contributed by atoms with Crippen molar-refractivity contribution in [2.24, 2.45) is 0 Å². The second-order valence-electron chi connectivity index (χ2n) is 4.18. The third-order valence-electron chi connectivity index (χ3n) is 2.80. The molecule has 1 aromatic rings. The smallest absolute Gasteiger partial charge is 0.0246 e. The molecule has 1 N–H and O–H groups in total. The molecule has 0 radical (unpaired) electrons. The molecule has 1 fully saturated rings. The van der Waals surface area contributed by atoms with E-state index in [2.05, 4.69) is 57.3 Å². The largest absolute Gasteiger partial charge is 0.312 e. The second-order valence-corrected chi connectivity index (χ2v) is 5.04. The van der Waals surface area contributed by atoms with Crippen molar-refractivity contribution in [2.75, 3.05) is 19.6 Å². The summed E-state index contributed by atoms with van der Waals surface area (Å²) >= 11 is 3.60. The molecule has 1 aromatic carbocycles. The average Bonchev–Trinajstić information content (AvgIpc) is 2.22. The van der Waals surface area contributed by atoms with E-state index in [1.165, 1.54) is 10.0 Å². The Bertz CT molecular complexity index is 327. The van der Waals surface area contributed by atoms with Crippen molar-refractivity contribution in [3.05, 3.63) is 34.3 Å². The van der Waals surface area contributed by atoms with E-state index in [0.717, 1.165) is 26.2 Å². The van der Waals surface area contributed by atoms with Crippen LogP contribution in [-0.4, -0.2) is 30.6 Å². The molecule has 2 nitrogen and oxygen atoms in total. The van der Waals surface area contributed by atoms with Crippen LogP contribution >= 0.6 is 15.9 Å². The minimum atomic E-state index is 0.612. The quantitative estimate of drug-likeness (QED) is 0.885. The molecule has 2 rings (SSSR count). The predicted octanol–water partition coefficient (Wildman–Crippen LogP) is 2.24. The van der Waals surface area contributed by atoms with E-state index in [9.17, 15) is 0 Å². The van der Waals surface area contributed by atoms with Crippen LogP contribution in [0.1, 0.15) is 12.5 Å². The summed E-state index contributed by atoms with van der Waals surface area (Å²) in [6.07, 6.45) is 0. The molecule has 0 aliphatic carbocycles. The fourth-order valence-corrected chi connectivity index (χ4v) is 2.43. The predicted molar refractivity (Wildman–Crippen MR) is 66.9 cm³/mol. The fourth-order valence-electron chi connectivity index (χ4n) is 2.02. The zero-order chi connectivity index (χ0) is 10.7. The Morgan fingerprint density at radius 1 is 1.47 bits per heavy atom. The van der Waals surface area contributed by atoms with Gasteiger partial charge in [0.1, 0.15) is 0 Å². The van der Waals surface area contributed by atoms with Gasteiger partial charge in [0.25, 0.3) is 0 Å². The zero-order valence-electron chi connectivity index (χ0n) is 9.04. The summed E-state index contributed by atoms with van der Waals surface area (Å²) in [4.78, 5) is 2.50. The Kier molecular flexibility index (Phi) is 3.78. The highest BCUT2D eigenvalue weighted by atomic mass is 79.9.